The molecule has 0 aromatic carbocycles. The van der Waals surface area contributed by atoms with E-state index < -0.39 is 5.97 Å². The zero-order chi connectivity index (χ0) is 16.8. The van der Waals surface area contributed by atoms with Gasteiger partial charge >= 0.3 is 5.97 Å². The minimum atomic E-state index is -0.916. The van der Waals surface area contributed by atoms with Gasteiger partial charge in [-0.3, -0.25) is 4.79 Å². The molecular weight excluding hydrogens is 298 g/mol. The number of rotatable bonds is 4. The molecule has 0 bridgehead atoms. The van der Waals surface area contributed by atoms with Crippen molar-refractivity contribution in [2.45, 2.75) is 38.5 Å². The van der Waals surface area contributed by atoms with Gasteiger partial charge in [0.15, 0.2) is 0 Å². The third-order valence-electron chi connectivity index (χ3n) is 4.36. The highest BCUT2D eigenvalue weighted by Gasteiger charge is 2.29. The van der Waals surface area contributed by atoms with Gasteiger partial charge in [-0.1, -0.05) is 0 Å². The van der Waals surface area contributed by atoms with Crippen LogP contribution in [0, 0.1) is 12.8 Å². The number of aromatic carboxylic acids is 1. The maximum absolute atomic E-state index is 11.3. The average molecular weight is 321 g/mol. The average Bonchev–Trinajstić information content (AvgIpc) is 3.32. The molecule has 0 radical (unpaired) electrons. The minimum absolute atomic E-state index is 0.250. The second-order valence-corrected chi connectivity index (χ2v) is 6.14. The summed E-state index contributed by atoms with van der Waals surface area (Å²) < 4.78 is 0. The van der Waals surface area contributed by atoms with Crippen LogP contribution in [0.2, 0.25) is 0 Å². The lowest BCUT2D eigenvalue weighted by Crippen LogP contribution is -2.35. The van der Waals surface area contributed by atoms with Gasteiger partial charge in [0.05, 0.1) is 11.3 Å². The van der Waals surface area contributed by atoms with Crippen molar-refractivity contribution in [3.05, 3.63) is 23.3 Å². The van der Waals surface area contributed by atoms with Crippen LogP contribution >= 0.6 is 0 Å². The Morgan fingerprint density at radius 3 is 2.48 bits per heavy atom. The largest absolute Gasteiger partial charge is 0.483 e. The smallest absolute Gasteiger partial charge is 0.339 e. The van der Waals surface area contributed by atoms with E-state index in [4.69, 9.17) is 9.90 Å². The van der Waals surface area contributed by atoms with E-state index in [1.54, 1.807) is 0 Å². The summed E-state index contributed by atoms with van der Waals surface area (Å²) in [4.78, 5) is 30.6. The van der Waals surface area contributed by atoms with Gasteiger partial charge < -0.3 is 15.1 Å². The lowest BCUT2D eigenvalue weighted by molar-refractivity contribution is -0.122. The zero-order valence-electron chi connectivity index (χ0n) is 13.3. The topological polar surface area (TPSA) is 104 Å². The molecule has 0 spiro atoms. The highest BCUT2D eigenvalue weighted by atomic mass is 16.4. The van der Waals surface area contributed by atoms with E-state index in [0.29, 0.717) is 5.82 Å². The summed E-state index contributed by atoms with van der Waals surface area (Å²) in [5, 5.41) is 16.2. The van der Waals surface area contributed by atoms with E-state index in [1.807, 2.05) is 6.92 Å². The van der Waals surface area contributed by atoms with E-state index in [9.17, 15) is 9.90 Å². The predicted molar refractivity (Wildman–Crippen MR) is 83.6 cm³/mol. The van der Waals surface area contributed by atoms with Crippen molar-refractivity contribution in [1.82, 2.24) is 14.9 Å². The third kappa shape index (κ3) is 4.99. The van der Waals surface area contributed by atoms with E-state index >= 15 is 0 Å². The minimum Gasteiger partial charge on any atom is -0.483 e. The lowest BCUT2D eigenvalue weighted by atomic mass is 9.90. The van der Waals surface area contributed by atoms with Gasteiger partial charge in [0.25, 0.3) is 6.47 Å². The van der Waals surface area contributed by atoms with Crippen molar-refractivity contribution < 1.29 is 19.8 Å². The van der Waals surface area contributed by atoms with Crippen LogP contribution in [0.15, 0.2) is 6.20 Å². The molecule has 1 saturated heterocycles. The van der Waals surface area contributed by atoms with E-state index in [1.165, 1.54) is 25.6 Å². The fourth-order valence-electron chi connectivity index (χ4n) is 3.02. The zero-order valence-corrected chi connectivity index (χ0v) is 13.3. The van der Waals surface area contributed by atoms with Crippen LogP contribution in [0.25, 0.3) is 0 Å². The molecule has 23 heavy (non-hydrogen) atoms. The van der Waals surface area contributed by atoms with E-state index in [-0.39, 0.29) is 18.0 Å². The number of piperidine rings is 1. The number of carboxylic acid groups (broad SMARTS) is 2. The molecule has 1 saturated carbocycles. The van der Waals surface area contributed by atoms with Gasteiger partial charge in [-0.2, -0.15) is 0 Å². The molecule has 1 aromatic heterocycles. The predicted octanol–water partition coefficient (Wildman–Crippen LogP) is 1.77. The van der Waals surface area contributed by atoms with Crippen molar-refractivity contribution in [3.8, 4) is 0 Å². The first kappa shape index (κ1) is 17.3. The fraction of sp³-hybridized carbons (Fsp3) is 0.625. The molecule has 2 N–H and O–H groups in total. The Hall–Kier alpha value is -2.02. The third-order valence-corrected chi connectivity index (χ3v) is 4.36. The number of carbonyl (C=O) groups is 2. The second-order valence-electron chi connectivity index (χ2n) is 6.14. The first-order valence-corrected chi connectivity index (χ1v) is 7.92. The van der Waals surface area contributed by atoms with E-state index in [2.05, 4.69) is 14.9 Å². The lowest BCUT2D eigenvalue weighted by Gasteiger charge is -2.32. The first-order valence-electron chi connectivity index (χ1n) is 7.92. The number of hydrogen-bond donors (Lipinski definition) is 2. The van der Waals surface area contributed by atoms with Crippen molar-refractivity contribution in [3.63, 3.8) is 0 Å². The standard InChI is InChI=1S/C15H21N3O2.CH2O2/c1-10-16-8-13(15(19)20)14(17-10)12-4-6-18(7-5-12)9-11-2-3-11;2-1-3/h8,11-12H,2-7,9H2,1H3,(H,19,20);1H,(H,2,3). The SMILES string of the molecule is Cc1ncc(C(=O)O)c(C2CCN(CC3CC3)CC2)n1.O=CO. The van der Waals surface area contributed by atoms with Gasteiger partial charge in [-0.25, -0.2) is 14.8 Å². The van der Waals surface area contributed by atoms with Gasteiger partial charge in [0.2, 0.25) is 0 Å². The fourth-order valence-corrected chi connectivity index (χ4v) is 3.02. The van der Waals surface area contributed by atoms with Gasteiger partial charge in [0, 0.05) is 18.7 Å². The summed E-state index contributed by atoms with van der Waals surface area (Å²) in [6.45, 7) is 4.91. The number of aryl methyl sites for hydroxylation is 1. The normalized spacial score (nSPS) is 18.8. The molecule has 0 amide bonds. The number of likely N-dealkylation sites (tertiary alicyclic amines) is 1. The molecule has 7 heteroatoms. The summed E-state index contributed by atoms with van der Waals surface area (Å²) in [6.07, 6.45) is 6.23. The number of carboxylic acids is 1. The van der Waals surface area contributed by atoms with Crippen molar-refractivity contribution in [2.24, 2.45) is 5.92 Å². The number of nitrogens with zero attached hydrogens (tertiary/aromatic N) is 3. The summed E-state index contributed by atoms with van der Waals surface area (Å²) >= 11 is 0. The van der Waals surface area contributed by atoms with Gasteiger partial charge in [0.1, 0.15) is 5.82 Å². The Morgan fingerprint density at radius 1 is 1.35 bits per heavy atom. The quantitative estimate of drug-likeness (QED) is 0.814. The number of aromatic nitrogens is 2. The molecular formula is C16H23N3O4. The molecule has 1 aromatic rings. The van der Waals surface area contributed by atoms with Crippen LogP contribution < -0.4 is 0 Å². The maximum atomic E-state index is 11.3. The van der Waals surface area contributed by atoms with Gasteiger partial charge in [-0.05, 0) is 51.6 Å². The highest BCUT2D eigenvalue weighted by Crippen LogP contribution is 2.33. The summed E-state index contributed by atoms with van der Waals surface area (Å²) in [5.41, 5.74) is 1.01. The monoisotopic (exact) mass is 321 g/mol. The van der Waals surface area contributed by atoms with Crippen LogP contribution in [-0.4, -0.2) is 57.2 Å². The Balaban J connectivity index is 0.000000595. The molecule has 0 atom stereocenters. The molecule has 1 aliphatic carbocycles. The first-order chi connectivity index (χ1) is 11.0. The molecule has 7 nitrogen and oxygen atoms in total. The summed E-state index contributed by atoms with van der Waals surface area (Å²) in [5.74, 6) is 0.923. The molecule has 3 rings (SSSR count). The second kappa shape index (κ2) is 8.01. The summed E-state index contributed by atoms with van der Waals surface area (Å²) in [6, 6.07) is 0. The molecule has 2 aliphatic rings. The maximum Gasteiger partial charge on any atom is 0.339 e. The van der Waals surface area contributed by atoms with Crippen molar-refractivity contribution in [1.29, 1.82) is 0 Å². The summed E-state index contributed by atoms with van der Waals surface area (Å²) in [7, 11) is 0. The highest BCUT2D eigenvalue weighted by molar-refractivity contribution is 5.88. The Bertz CT molecular complexity index is 552. The Labute approximate surface area is 135 Å². The van der Waals surface area contributed by atoms with Crippen molar-refractivity contribution >= 4 is 12.4 Å². The number of hydrogen-bond acceptors (Lipinski definition) is 5. The van der Waals surface area contributed by atoms with E-state index in [0.717, 1.165) is 37.5 Å². The van der Waals surface area contributed by atoms with Gasteiger partial charge in [-0.15, -0.1) is 0 Å². The van der Waals surface area contributed by atoms with Crippen LogP contribution in [0.1, 0.15) is 53.5 Å². The molecule has 1 aliphatic heterocycles. The molecule has 126 valence electrons. The van der Waals surface area contributed by atoms with Crippen LogP contribution in [0.4, 0.5) is 0 Å². The molecule has 2 fully saturated rings. The molecule has 0 unspecified atom stereocenters. The van der Waals surface area contributed by atoms with Crippen LogP contribution in [-0.2, 0) is 4.79 Å². The van der Waals surface area contributed by atoms with Crippen LogP contribution in [0.3, 0.4) is 0 Å². The Kier molecular flexibility index (Phi) is 6.04. The van der Waals surface area contributed by atoms with Crippen molar-refractivity contribution in [2.75, 3.05) is 19.6 Å². The van der Waals surface area contributed by atoms with Crippen LogP contribution in [0.5, 0.6) is 0 Å². The Morgan fingerprint density at radius 2 is 1.96 bits per heavy atom. The molecule has 2 heterocycles.